The zero-order chi connectivity index (χ0) is 18.2. The number of sulfonamides is 1. The Morgan fingerprint density at radius 2 is 1.92 bits per heavy atom. The Balaban J connectivity index is 1.88. The molecule has 0 spiro atoms. The molecule has 1 N–H and O–H groups in total. The quantitative estimate of drug-likeness (QED) is 0.850. The van der Waals surface area contributed by atoms with Gasteiger partial charge < -0.3 is 5.32 Å². The summed E-state index contributed by atoms with van der Waals surface area (Å²) < 4.78 is 25.2. The van der Waals surface area contributed by atoms with Crippen molar-refractivity contribution in [3.05, 3.63) is 57.6 Å². The maximum Gasteiger partial charge on any atom is 0.257 e. The van der Waals surface area contributed by atoms with Crippen molar-refractivity contribution >= 4 is 50.5 Å². The first-order valence-electron chi connectivity index (χ1n) is 7.63. The molecule has 3 rings (SSSR count). The van der Waals surface area contributed by atoms with Gasteiger partial charge in [-0.05, 0) is 54.8 Å². The number of halogens is 2. The number of benzene rings is 2. The lowest BCUT2D eigenvalue weighted by Crippen LogP contribution is -2.34. The number of hydrogen-bond donors (Lipinski definition) is 1. The summed E-state index contributed by atoms with van der Waals surface area (Å²) in [5.74, 6) is -0.372. The van der Waals surface area contributed by atoms with Crippen LogP contribution >= 0.6 is 23.2 Å². The summed E-state index contributed by atoms with van der Waals surface area (Å²) in [6, 6.07) is 9.87. The van der Waals surface area contributed by atoms with Gasteiger partial charge in [-0.3, -0.25) is 9.10 Å². The average Bonchev–Trinajstić information content (AvgIpc) is 2.55. The van der Waals surface area contributed by atoms with Crippen LogP contribution in [0.25, 0.3) is 0 Å². The summed E-state index contributed by atoms with van der Waals surface area (Å²) in [4.78, 5) is 12.4. The lowest BCUT2D eigenvalue weighted by atomic mass is 10.0. The number of nitrogens with zero attached hydrogens (tertiary/aromatic N) is 1. The van der Waals surface area contributed by atoms with Crippen LogP contribution in [-0.4, -0.2) is 27.1 Å². The number of anilines is 2. The molecule has 25 heavy (non-hydrogen) atoms. The van der Waals surface area contributed by atoms with Crippen molar-refractivity contribution in [2.24, 2.45) is 0 Å². The Hall–Kier alpha value is -1.76. The molecule has 0 aromatic heterocycles. The van der Waals surface area contributed by atoms with Crippen LogP contribution in [0.15, 0.2) is 36.4 Å². The van der Waals surface area contributed by atoms with E-state index in [1.165, 1.54) is 16.6 Å². The molecule has 1 amide bonds. The third-order valence-corrected chi connectivity index (χ3v) is 5.73. The van der Waals surface area contributed by atoms with E-state index < -0.39 is 10.0 Å². The first-order chi connectivity index (χ1) is 11.8. The highest BCUT2D eigenvalue weighted by Gasteiger charge is 2.24. The van der Waals surface area contributed by atoms with Crippen molar-refractivity contribution < 1.29 is 13.2 Å². The monoisotopic (exact) mass is 398 g/mol. The van der Waals surface area contributed by atoms with Crippen molar-refractivity contribution in [2.45, 2.75) is 12.8 Å². The second kappa shape index (κ2) is 6.86. The van der Waals surface area contributed by atoms with E-state index in [9.17, 15) is 13.2 Å². The molecular weight excluding hydrogens is 383 g/mol. The molecule has 0 radical (unpaired) electrons. The fourth-order valence-electron chi connectivity index (χ4n) is 2.85. The number of rotatable bonds is 3. The molecule has 8 heteroatoms. The Bertz CT molecular complexity index is 945. The highest BCUT2D eigenvalue weighted by molar-refractivity contribution is 7.92. The molecule has 0 fully saturated rings. The minimum atomic E-state index is -3.31. The van der Waals surface area contributed by atoms with Crippen molar-refractivity contribution in [3.63, 3.8) is 0 Å². The maximum atomic E-state index is 12.4. The van der Waals surface area contributed by atoms with Gasteiger partial charge in [0.1, 0.15) is 0 Å². The molecule has 5 nitrogen and oxygen atoms in total. The number of aryl methyl sites for hydroxylation is 1. The number of carbonyl (C=O) groups is 1. The summed E-state index contributed by atoms with van der Waals surface area (Å²) in [5, 5.41) is 3.51. The van der Waals surface area contributed by atoms with Crippen molar-refractivity contribution in [1.29, 1.82) is 0 Å². The van der Waals surface area contributed by atoms with Crippen LogP contribution in [0.2, 0.25) is 10.0 Å². The number of hydrogen-bond acceptors (Lipinski definition) is 3. The smallest absolute Gasteiger partial charge is 0.257 e. The molecule has 0 bridgehead atoms. The van der Waals surface area contributed by atoms with Gasteiger partial charge in [-0.1, -0.05) is 23.2 Å². The number of nitrogens with one attached hydrogen (secondary N) is 1. The predicted molar refractivity (Wildman–Crippen MR) is 101 cm³/mol. The highest BCUT2D eigenvalue weighted by atomic mass is 35.5. The largest absolute Gasteiger partial charge is 0.322 e. The Kier molecular flexibility index (Phi) is 4.95. The third-order valence-electron chi connectivity index (χ3n) is 3.99. The van der Waals surface area contributed by atoms with Gasteiger partial charge in [0.25, 0.3) is 5.91 Å². The van der Waals surface area contributed by atoms with Gasteiger partial charge in [-0.25, -0.2) is 8.42 Å². The molecule has 0 saturated heterocycles. The highest BCUT2D eigenvalue weighted by Crippen LogP contribution is 2.31. The van der Waals surface area contributed by atoms with Gasteiger partial charge >= 0.3 is 0 Å². The average molecular weight is 399 g/mol. The molecule has 1 aliphatic rings. The number of amides is 1. The fourth-order valence-corrected chi connectivity index (χ4v) is 4.23. The second-order valence-electron chi connectivity index (χ2n) is 5.86. The first kappa shape index (κ1) is 18.0. The normalized spacial score (nSPS) is 14.1. The molecule has 1 aliphatic heterocycles. The van der Waals surface area contributed by atoms with Crippen LogP contribution in [-0.2, 0) is 16.4 Å². The molecule has 0 unspecified atom stereocenters. The SMILES string of the molecule is CS(=O)(=O)N1CCCc2cc(NC(=O)c3cc(Cl)ccc3Cl)ccc21. The van der Waals surface area contributed by atoms with Gasteiger partial charge in [0, 0.05) is 17.3 Å². The summed E-state index contributed by atoms with van der Waals surface area (Å²) in [5.41, 5.74) is 2.40. The third kappa shape index (κ3) is 3.92. The Labute approximate surface area is 156 Å². The van der Waals surface area contributed by atoms with E-state index in [-0.39, 0.29) is 11.5 Å². The van der Waals surface area contributed by atoms with Gasteiger partial charge in [-0.15, -0.1) is 0 Å². The number of fused-ring (bicyclic) bond motifs is 1. The zero-order valence-electron chi connectivity index (χ0n) is 13.4. The predicted octanol–water partition coefficient (Wildman–Crippen LogP) is 3.96. The standard InChI is InChI=1S/C17H16Cl2N2O3S/c1-25(23,24)21-8-2-3-11-9-13(5-7-16(11)21)20-17(22)14-10-12(18)4-6-15(14)19/h4-7,9-10H,2-3,8H2,1H3,(H,20,22). The van der Waals surface area contributed by atoms with Gasteiger partial charge in [0.2, 0.25) is 10.0 Å². The van der Waals surface area contributed by atoms with Crippen LogP contribution in [0.3, 0.4) is 0 Å². The summed E-state index contributed by atoms with van der Waals surface area (Å²) in [6.07, 6.45) is 2.68. The zero-order valence-corrected chi connectivity index (χ0v) is 15.7. The van der Waals surface area contributed by atoms with E-state index in [1.54, 1.807) is 30.3 Å². The molecule has 0 saturated carbocycles. The topological polar surface area (TPSA) is 66.5 Å². The molecule has 0 aliphatic carbocycles. The number of carbonyl (C=O) groups excluding carboxylic acids is 1. The van der Waals surface area contributed by atoms with Crippen molar-refractivity contribution in [2.75, 3.05) is 22.4 Å². The van der Waals surface area contributed by atoms with Gasteiger partial charge in [0.05, 0.1) is 22.5 Å². The van der Waals surface area contributed by atoms with Crippen LogP contribution in [0.5, 0.6) is 0 Å². The lowest BCUT2D eigenvalue weighted by Gasteiger charge is -2.29. The molecular formula is C17H16Cl2N2O3S. The van der Waals surface area contributed by atoms with E-state index in [0.29, 0.717) is 28.0 Å². The summed E-state index contributed by atoms with van der Waals surface area (Å²) in [6.45, 7) is 0.468. The van der Waals surface area contributed by atoms with Crippen LogP contribution in [0, 0.1) is 0 Å². The molecule has 132 valence electrons. The molecule has 2 aromatic rings. The van der Waals surface area contributed by atoms with Crippen LogP contribution in [0.4, 0.5) is 11.4 Å². The minimum Gasteiger partial charge on any atom is -0.322 e. The lowest BCUT2D eigenvalue weighted by molar-refractivity contribution is 0.102. The van der Waals surface area contributed by atoms with Crippen molar-refractivity contribution in [3.8, 4) is 0 Å². The molecule has 0 atom stereocenters. The van der Waals surface area contributed by atoms with E-state index >= 15 is 0 Å². The summed E-state index contributed by atoms with van der Waals surface area (Å²) in [7, 11) is -3.31. The Morgan fingerprint density at radius 3 is 2.64 bits per heavy atom. The van der Waals surface area contributed by atoms with Crippen LogP contribution < -0.4 is 9.62 Å². The van der Waals surface area contributed by atoms with E-state index in [4.69, 9.17) is 23.2 Å². The van der Waals surface area contributed by atoms with Crippen molar-refractivity contribution in [1.82, 2.24) is 0 Å². The first-order valence-corrected chi connectivity index (χ1v) is 10.2. The second-order valence-corrected chi connectivity index (χ2v) is 8.61. The van der Waals surface area contributed by atoms with E-state index in [1.807, 2.05) is 0 Å². The van der Waals surface area contributed by atoms with E-state index in [2.05, 4.69) is 5.32 Å². The minimum absolute atomic E-state index is 0.282. The maximum absolute atomic E-state index is 12.4. The van der Waals surface area contributed by atoms with Gasteiger partial charge in [0.15, 0.2) is 0 Å². The van der Waals surface area contributed by atoms with E-state index in [0.717, 1.165) is 18.4 Å². The van der Waals surface area contributed by atoms with Crippen LogP contribution in [0.1, 0.15) is 22.3 Å². The van der Waals surface area contributed by atoms with Gasteiger partial charge in [-0.2, -0.15) is 0 Å². The summed E-state index contributed by atoms with van der Waals surface area (Å²) >= 11 is 12.0. The Morgan fingerprint density at radius 1 is 1.16 bits per heavy atom. The molecule has 2 aromatic carbocycles. The fraction of sp³-hybridized carbons (Fsp3) is 0.235. The molecule has 1 heterocycles.